The summed E-state index contributed by atoms with van der Waals surface area (Å²) < 4.78 is 16.7. The highest BCUT2D eigenvalue weighted by molar-refractivity contribution is 7.93. The van der Waals surface area contributed by atoms with Gasteiger partial charge < -0.3 is 0 Å². The van der Waals surface area contributed by atoms with Crippen LogP contribution in [0.4, 0.5) is 5.69 Å². The number of nitro benzene ring substituents is 1. The molecule has 0 fully saturated rings. The molecule has 0 saturated heterocycles. The second-order valence-corrected chi connectivity index (χ2v) is 8.87. The lowest BCUT2D eigenvalue weighted by atomic mass is 10.1. The van der Waals surface area contributed by atoms with E-state index in [1.807, 2.05) is 0 Å². The van der Waals surface area contributed by atoms with Crippen molar-refractivity contribution in [3.8, 4) is 11.8 Å². The Kier molecular flexibility index (Phi) is 6.26. The van der Waals surface area contributed by atoms with Gasteiger partial charge in [0, 0.05) is 51.8 Å². The van der Waals surface area contributed by atoms with Gasteiger partial charge in [0.25, 0.3) is 11.6 Å². The maximum absolute atomic E-state index is 12.9. The number of hydrogen-bond donors (Lipinski definition) is 0. The molecule has 2 aromatic carbocycles. The van der Waals surface area contributed by atoms with Crippen molar-refractivity contribution in [2.24, 2.45) is 4.36 Å². The Hall–Kier alpha value is -3.54. The van der Waals surface area contributed by atoms with Gasteiger partial charge in [0.1, 0.15) is 0 Å². The zero-order chi connectivity index (χ0) is 21.7. The molecule has 9 heteroatoms. The summed E-state index contributed by atoms with van der Waals surface area (Å²) in [5, 5.41) is 11.1. The van der Waals surface area contributed by atoms with Crippen LogP contribution in [0.2, 0.25) is 5.02 Å². The third-order valence-electron chi connectivity index (χ3n) is 3.91. The minimum absolute atomic E-state index is 0.0284. The molecule has 0 aliphatic rings. The van der Waals surface area contributed by atoms with Crippen molar-refractivity contribution in [3.63, 3.8) is 0 Å². The van der Waals surface area contributed by atoms with Crippen LogP contribution in [-0.2, 0) is 9.73 Å². The van der Waals surface area contributed by atoms with E-state index in [1.165, 1.54) is 55.0 Å². The van der Waals surface area contributed by atoms with Crippen molar-refractivity contribution in [2.75, 3.05) is 6.26 Å². The highest BCUT2D eigenvalue weighted by Gasteiger charge is 2.12. The van der Waals surface area contributed by atoms with Gasteiger partial charge in [-0.3, -0.25) is 19.9 Å². The van der Waals surface area contributed by atoms with Gasteiger partial charge in [-0.05, 0) is 36.4 Å². The van der Waals surface area contributed by atoms with Crippen LogP contribution < -0.4 is 0 Å². The van der Waals surface area contributed by atoms with Crippen LogP contribution in [0, 0.1) is 22.0 Å². The van der Waals surface area contributed by atoms with E-state index in [0.29, 0.717) is 21.0 Å². The Morgan fingerprint density at radius 1 is 1.10 bits per heavy atom. The number of halogens is 1. The predicted molar refractivity (Wildman–Crippen MR) is 114 cm³/mol. The van der Waals surface area contributed by atoms with Crippen molar-refractivity contribution >= 4 is 32.9 Å². The molecule has 1 amide bonds. The summed E-state index contributed by atoms with van der Waals surface area (Å²) in [5.74, 6) is 5.00. The van der Waals surface area contributed by atoms with E-state index in [1.54, 1.807) is 18.2 Å². The molecular formula is C21H14ClN3O4S. The number of aromatic nitrogens is 1. The number of rotatable bonds is 3. The van der Waals surface area contributed by atoms with E-state index in [-0.39, 0.29) is 11.3 Å². The first kappa shape index (κ1) is 21.2. The van der Waals surface area contributed by atoms with E-state index in [0.717, 1.165) is 0 Å². The van der Waals surface area contributed by atoms with Crippen LogP contribution in [-0.4, -0.2) is 26.3 Å². The van der Waals surface area contributed by atoms with Crippen molar-refractivity contribution in [2.45, 2.75) is 4.90 Å². The van der Waals surface area contributed by atoms with Gasteiger partial charge in [0.05, 0.1) is 20.2 Å². The van der Waals surface area contributed by atoms with E-state index in [2.05, 4.69) is 21.2 Å². The lowest BCUT2D eigenvalue weighted by molar-refractivity contribution is -0.384. The number of amides is 1. The number of benzene rings is 2. The Morgan fingerprint density at radius 2 is 1.80 bits per heavy atom. The van der Waals surface area contributed by atoms with Crippen LogP contribution in [0.1, 0.15) is 21.5 Å². The van der Waals surface area contributed by atoms with Gasteiger partial charge in [-0.1, -0.05) is 29.5 Å². The average Bonchev–Trinajstić information content (AvgIpc) is 2.72. The fraction of sp³-hybridized carbons (Fsp3) is 0.0476. The summed E-state index contributed by atoms with van der Waals surface area (Å²) in [6.07, 6.45) is 4.15. The van der Waals surface area contributed by atoms with Crippen molar-refractivity contribution in [1.29, 1.82) is 0 Å². The molecule has 0 spiro atoms. The molecular weight excluding hydrogens is 426 g/mol. The Balaban J connectivity index is 1.86. The van der Waals surface area contributed by atoms with E-state index < -0.39 is 20.6 Å². The zero-order valence-electron chi connectivity index (χ0n) is 15.6. The molecule has 3 aromatic rings. The molecule has 3 rings (SSSR count). The molecule has 0 bridgehead atoms. The number of nitrogens with zero attached hydrogens (tertiary/aromatic N) is 3. The number of carbonyl (C=O) groups excluding carboxylic acids is 1. The zero-order valence-corrected chi connectivity index (χ0v) is 17.2. The second-order valence-electron chi connectivity index (χ2n) is 6.17. The molecule has 7 nitrogen and oxygen atoms in total. The highest BCUT2D eigenvalue weighted by atomic mass is 35.5. The van der Waals surface area contributed by atoms with Crippen LogP contribution in [0.5, 0.6) is 0 Å². The minimum atomic E-state index is -2.99. The lowest BCUT2D eigenvalue weighted by Crippen LogP contribution is -2.04. The molecule has 1 unspecified atom stereocenters. The molecule has 0 radical (unpaired) electrons. The number of nitro groups is 1. The van der Waals surface area contributed by atoms with Crippen LogP contribution >= 0.6 is 11.6 Å². The van der Waals surface area contributed by atoms with Crippen LogP contribution in [0.3, 0.4) is 0 Å². The molecule has 150 valence electrons. The quantitative estimate of drug-likeness (QED) is 0.343. The van der Waals surface area contributed by atoms with Gasteiger partial charge in [0.15, 0.2) is 0 Å². The van der Waals surface area contributed by atoms with Gasteiger partial charge in [0.2, 0.25) is 0 Å². The molecule has 0 N–H and O–H groups in total. The van der Waals surface area contributed by atoms with E-state index >= 15 is 0 Å². The van der Waals surface area contributed by atoms with Gasteiger partial charge in [-0.15, -0.1) is 0 Å². The SMILES string of the molecule is CS(=O)(=NC(=O)c1cncc(C#Cc2ccc([N+](=O)[O-])cc2)c1)c1cccc(Cl)c1. The maximum Gasteiger partial charge on any atom is 0.286 e. The summed E-state index contributed by atoms with van der Waals surface area (Å²) in [5.41, 5.74) is 1.13. The fourth-order valence-corrected chi connectivity index (χ4v) is 3.86. The summed E-state index contributed by atoms with van der Waals surface area (Å²) in [7, 11) is -2.99. The van der Waals surface area contributed by atoms with Crippen LogP contribution in [0.25, 0.3) is 0 Å². The summed E-state index contributed by atoms with van der Waals surface area (Å²) >= 11 is 5.92. The first-order valence-corrected chi connectivity index (χ1v) is 10.8. The van der Waals surface area contributed by atoms with Gasteiger partial charge >= 0.3 is 0 Å². The highest BCUT2D eigenvalue weighted by Crippen LogP contribution is 2.18. The third kappa shape index (κ3) is 5.29. The number of non-ortho nitro benzene ring substituents is 1. The molecule has 0 aliphatic carbocycles. The summed E-state index contributed by atoms with van der Waals surface area (Å²) in [6.45, 7) is 0. The first-order chi connectivity index (χ1) is 14.2. The smallest absolute Gasteiger partial charge is 0.266 e. The molecule has 0 aliphatic heterocycles. The van der Waals surface area contributed by atoms with Gasteiger partial charge in [-0.2, -0.15) is 4.36 Å². The van der Waals surface area contributed by atoms with E-state index in [9.17, 15) is 19.1 Å². The summed E-state index contributed by atoms with van der Waals surface area (Å²) in [6, 6.07) is 13.6. The molecule has 30 heavy (non-hydrogen) atoms. The third-order valence-corrected chi connectivity index (χ3v) is 5.78. The number of carbonyl (C=O) groups is 1. The number of pyridine rings is 1. The Bertz CT molecular complexity index is 1320. The van der Waals surface area contributed by atoms with Gasteiger partial charge in [-0.25, -0.2) is 4.21 Å². The largest absolute Gasteiger partial charge is 0.286 e. The topological polar surface area (TPSA) is 103 Å². The number of hydrogen-bond acceptors (Lipinski definition) is 5. The molecule has 0 saturated carbocycles. The first-order valence-electron chi connectivity index (χ1n) is 8.48. The molecule has 1 atom stereocenters. The maximum atomic E-state index is 12.9. The monoisotopic (exact) mass is 439 g/mol. The lowest BCUT2D eigenvalue weighted by Gasteiger charge is -2.04. The Labute approximate surface area is 178 Å². The van der Waals surface area contributed by atoms with Crippen molar-refractivity contribution in [1.82, 2.24) is 4.98 Å². The predicted octanol–water partition coefficient (Wildman–Crippen LogP) is 4.34. The Morgan fingerprint density at radius 3 is 2.47 bits per heavy atom. The van der Waals surface area contributed by atoms with Crippen molar-refractivity contribution in [3.05, 3.63) is 98.8 Å². The normalized spacial score (nSPS) is 12.2. The van der Waals surface area contributed by atoms with Crippen molar-refractivity contribution < 1.29 is 13.9 Å². The summed E-state index contributed by atoms with van der Waals surface area (Å²) in [4.78, 5) is 27.1. The van der Waals surface area contributed by atoms with Crippen LogP contribution in [0.15, 0.2) is 76.2 Å². The molecule has 1 heterocycles. The standard InChI is InChI=1S/C21H14ClN3O4S/c1-30(29,20-4-2-3-18(22)12-20)24-21(26)17-11-16(13-23-14-17)6-5-15-7-9-19(10-8-15)25(27)28/h2-4,7-14H,1H3. The molecule has 1 aromatic heterocycles. The fourth-order valence-electron chi connectivity index (χ4n) is 2.40. The second kappa shape index (κ2) is 8.86. The average molecular weight is 440 g/mol. The minimum Gasteiger partial charge on any atom is -0.266 e. The van der Waals surface area contributed by atoms with E-state index in [4.69, 9.17) is 11.6 Å².